The maximum absolute atomic E-state index is 6.67. The smallest absolute Gasteiger partial charge is 0.166 e. The summed E-state index contributed by atoms with van der Waals surface area (Å²) < 4.78 is 0. The Balaban J connectivity index is 1.94. The van der Waals surface area contributed by atoms with Crippen molar-refractivity contribution in [1.82, 2.24) is 42.5 Å². The van der Waals surface area contributed by atoms with Crippen molar-refractivity contribution < 1.29 is 0 Å². The van der Waals surface area contributed by atoms with Gasteiger partial charge < -0.3 is 48.3 Å². The molecule has 10 heteroatoms. The molecule has 33 heavy (non-hydrogen) atoms. The molecule has 0 radical (unpaired) electrons. The molecule has 190 valence electrons. The van der Waals surface area contributed by atoms with Crippen LogP contribution in [0.25, 0.3) is 0 Å². The lowest BCUT2D eigenvalue weighted by Crippen LogP contribution is -2.68. The Morgan fingerprint density at radius 2 is 1.21 bits per heavy atom. The Kier molecular flexibility index (Phi) is 14.2. The number of thiocarbonyl (C=S) groups is 1. The minimum Gasteiger partial charge on any atom is -0.363 e. The van der Waals surface area contributed by atoms with E-state index in [0.29, 0.717) is 5.11 Å². The minimum atomic E-state index is -0.307. The number of nitrogens with two attached hydrogens (primary N) is 1. The molecule has 0 saturated carbocycles. The summed E-state index contributed by atoms with van der Waals surface area (Å²) in [6.07, 6.45) is 10.7. The van der Waals surface area contributed by atoms with Gasteiger partial charge >= 0.3 is 0 Å². The third-order valence-corrected chi connectivity index (χ3v) is 6.42. The second-order valence-electron chi connectivity index (χ2n) is 9.45. The van der Waals surface area contributed by atoms with Crippen molar-refractivity contribution in [2.24, 2.45) is 5.73 Å². The predicted octanol–water partition coefficient (Wildman–Crippen LogP) is -1.96. The molecule has 0 aromatic heterocycles. The van der Waals surface area contributed by atoms with Gasteiger partial charge in [-0.15, -0.1) is 12.3 Å². The van der Waals surface area contributed by atoms with Gasteiger partial charge in [-0.2, -0.15) is 0 Å². The molecule has 0 aliphatic carbocycles. The van der Waals surface area contributed by atoms with Crippen molar-refractivity contribution >= 4 is 17.3 Å². The number of hydrogen-bond donors (Lipinski definition) is 9. The quantitative estimate of drug-likeness (QED) is 0.115. The molecule has 10 N–H and O–H groups in total. The molecule has 3 rings (SSSR count). The molecule has 9 nitrogen and oxygen atoms in total. The van der Waals surface area contributed by atoms with Crippen molar-refractivity contribution in [2.45, 2.75) is 43.2 Å². The average Bonchev–Trinajstić information content (AvgIpc) is 2.79. The highest BCUT2D eigenvalue weighted by Gasteiger charge is 2.31. The van der Waals surface area contributed by atoms with Crippen molar-refractivity contribution in [2.75, 3.05) is 85.1 Å². The Labute approximate surface area is 206 Å². The van der Waals surface area contributed by atoms with Gasteiger partial charge in [-0.05, 0) is 25.1 Å². The second-order valence-corrected chi connectivity index (χ2v) is 9.86. The molecule has 3 saturated heterocycles. The van der Waals surface area contributed by atoms with E-state index in [0.717, 1.165) is 104 Å². The van der Waals surface area contributed by atoms with E-state index in [1.54, 1.807) is 0 Å². The van der Waals surface area contributed by atoms with Crippen LogP contribution in [0.3, 0.4) is 0 Å². The lowest BCUT2D eigenvalue weighted by molar-refractivity contribution is 0.298. The van der Waals surface area contributed by atoms with Crippen LogP contribution in [0, 0.1) is 12.3 Å². The Morgan fingerprint density at radius 1 is 0.758 bits per heavy atom. The second kappa shape index (κ2) is 16.6. The first kappa shape index (κ1) is 28.2. The lowest BCUT2D eigenvalue weighted by Gasteiger charge is -2.38. The summed E-state index contributed by atoms with van der Waals surface area (Å²) in [6, 6.07) is 0. The Morgan fingerprint density at radius 3 is 1.70 bits per heavy atom. The highest BCUT2D eigenvalue weighted by atomic mass is 32.1. The number of hydrogen-bond acceptors (Lipinski definition) is 8. The van der Waals surface area contributed by atoms with Crippen molar-refractivity contribution in [1.29, 1.82) is 0 Å². The van der Waals surface area contributed by atoms with E-state index in [9.17, 15) is 0 Å². The van der Waals surface area contributed by atoms with E-state index in [-0.39, 0.29) is 11.1 Å². The van der Waals surface area contributed by atoms with E-state index in [2.05, 4.69) is 48.5 Å². The summed E-state index contributed by atoms with van der Waals surface area (Å²) >= 11 is 5.69. The molecule has 0 amide bonds. The van der Waals surface area contributed by atoms with Gasteiger partial charge in [0.1, 0.15) is 0 Å². The van der Waals surface area contributed by atoms with E-state index in [4.69, 9.17) is 24.4 Å². The van der Waals surface area contributed by atoms with Crippen LogP contribution in [0.1, 0.15) is 32.1 Å². The van der Waals surface area contributed by atoms with Crippen LogP contribution in [0.15, 0.2) is 0 Å². The maximum Gasteiger partial charge on any atom is 0.166 e. The highest BCUT2D eigenvalue weighted by molar-refractivity contribution is 7.80. The zero-order valence-corrected chi connectivity index (χ0v) is 21.1. The van der Waals surface area contributed by atoms with Crippen LogP contribution >= 0.6 is 12.2 Å². The summed E-state index contributed by atoms with van der Waals surface area (Å²) in [5, 5.41) is 29.2. The van der Waals surface area contributed by atoms with Gasteiger partial charge in [-0.3, -0.25) is 0 Å². The fraction of sp³-hybridized carbons (Fsp3) is 0.870. The van der Waals surface area contributed by atoms with Gasteiger partial charge in [0.2, 0.25) is 0 Å². The molecule has 0 unspecified atom stereocenters. The molecule has 0 spiro atoms. The number of fused-ring (bicyclic) bond motifs is 15. The zero-order chi connectivity index (χ0) is 23.7. The van der Waals surface area contributed by atoms with Crippen LogP contribution in [-0.4, -0.2) is 101 Å². The van der Waals surface area contributed by atoms with Gasteiger partial charge in [0.25, 0.3) is 0 Å². The molecule has 3 heterocycles. The summed E-state index contributed by atoms with van der Waals surface area (Å²) in [5.74, 6) is 2.71. The molecule has 3 aliphatic heterocycles. The highest BCUT2D eigenvalue weighted by Crippen LogP contribution is 2.04. The van der Waals surface area contributed by atoms with E-state index in [1.165, 1.54) is 12.8 Å². The van der Waals surface area contributed by atoms with E-state index in [1.807, 2.05) is 0 Å². The van der Waals surface area contributed by atoms with Crippen LogP contribution in [0.2, 0.25) is 0 Å². The first-order chi connectivity index (χ1) is 16.1. The number of rotatable bonds is 7. The third kappa shape index (κ3) is 12.3. The molecular weight excluding hydrogens is 434 g/mol. The monoisotopic (exact) mass is 481 g/mol. The van der Waals surface area contributed by atoms with Gasteiger partial charge in [0.15, 0.2) is 5.11 Å². The Bertz CT molecular complexity index is 537. The van der Waals surface area contributed by atoms with Crippen LogP contribution in [0.5, 0.6) is 0 Å². The van der Waals surface area contributed by atoms with Crippen molar-refractivity contribution in [3.05, 3.63) is 0 Å². The summed E-state index contributed by atoms with van der Waals surface area (Å²) in [7, 11) is 0. The first-order valence-electron chi connectivity index (χ1n) is 12.6. The summed E-state index contributed by atoms with van der Waals surface area (Å²) in [4.78, 5) is 0. The molecule has 0 aromatic carbocycles. The summed E-state index contributed by atoms with van der Waals surface area (Å²) in [6.45, 7) is 10.8. The molecular formula is C23H47N9S. The van der Waals surface area contributed by atoms with Gasteiger partial charge in [-0.25, -0.2) is 0 Å². The fourth-order valence-electron chi connectivity index (χ4n) is 4.23. The zero-order valence-electron chi connectivity index (χ0n) is 20.3. The Hall–Kier alpha value is -1.03. The van der Waals surface area contributed by atoms with Crippen LogP contribution < -0.4 is 48.3 Å². The standard InChI is InChI=1S/C23H47N9S/c1-2-3-4-5-6-7-8-31-21(33)32-23-18-28-12-9-25-15-22(24,16-26-10-13-29-19-23)17-27-11-14-30-20-23/h1,25-30H,3-20,24H2,(H2,31,32,33). The molecule has 0 aromatic rings. The number of unbranched alkanes of at least 4 members (excludes halogenated alkanes) is 4. The SMILES string of the molecule is C#CCCCCCCNC(=S)NC12CNCCNCC(N)(CNCCNC1)CNCCNC2. The third-order valence-electron chi connectivity index (χ3n) is 6.17. The fourth-order valence-corrected chi connectivity index (χ4v) is 4.54. The maximum atomic E-state index is 6.67. The molecule has 2 bridgehead atoms. The first-order valence-corrected chi connectivity index (χ1v) is 13.0. The molecule has 3 aliphatic rings. The molecule has 0 atom stereocenters. The van der Waals surface area contributed by atoms with Gasteiger partial charge in [0.05, 0.1) is 11.1 Å². The number of nitrogens with one attached hydrogen (secondary N) is 8. The minimum absolute atomic E-state index is 0.233. The predicted molar refractivity (Wildman–Crippen MR) is 143 cm³/mol. The normalized spacial score (nSPS) is 28.2. The van der Waals surface area contributed by atoms with Crippen molar-refractivity contribution in [3.8, 4) is 12.3 Å². The lowest BCUT2D eigenvalue weighted by atomic mass is 9.98. The molecule has 3 fully saturated rings. The van der Waals surface area contributed by atoms with Gasteiger partial charge in [0, 0.05) is 91.5 Å². The van der Waals surface area contributed by atoms with Crippen LogP contribution in [0.4, 0.5) is 0 Å². The summed E-state index contributed by atoms with van der Waals surface area (Å²) in [5.41, 5.74) is 6.13. The number of terminal acetylenes is 1. The van der Waals surface area contributed by atoms with Crippen molar-refractivity contribution in [3.63, 3.8) is 0 Å². The average molecular weight is 482 g/mol. The largest absolute Gasteiger partial charge is 0.363 e. The van der Waals surface area contributed by atoms with Crippen LogP contribution in [-0.2, 0) is 0 Å². The van der Waals surface area contributed by atoms with Gasteiger partial charge in [-0.1, -0.05) is 12.8 Å². The van der Waals surface area contributed by atoms with E-state index < -0.39 is 0 Å². The van der Waals surface area contributed by atoms with E-state index >= 15 is 0 Å². The topological polar surface area (TPSA) is 122 Å².